The summed E-state index contributed by atoms with van der Waals surface area (Å²) in [5.74, 6) is 5.68. The second kappa shape index (κ2) is 16.6. The van der Waals surface area contributed by atoms with Gasteiger partial charge < -0.3 is 0 Å². The molecule has 0 N–H and O–H groups in total. The average Bonchev–Trinajstić information content (AvgIpc) is 3.66. The van der Waals surface area contributed by atoms with Gasteiger partial charge in [0.25, 0.3) is 0 Å². The van der Waals surface area contributed by atoms with Crippen LogP contribution in [0.1, 0.15) is 19.4 Å². The maximum atomic E-state index is 3.70. The molecule has 0 aromatic heterocycles. The van der Waals surface area contributed by atoms with Crippen LogP contribution in [0.2, 0.25) is 0 Å². The number of hydrogen-bond acceptors (Lipinski definition) is 1. The molecule has 178 valence electrons. The van der Waals surface area contributed by atoms with E-state index >= 15 is 0 Å². The van der Waals surface area contributed by atoms with Crippen molar-refractivity contribution in [3.05, 3.63) is 161 Å². The van der Waals surface area contributed by atoms with Crippen molar-refractivity contribution in [3.63, 3.8) is 0 Å². The molecule has 1 aliphatic heterocycles. The van der Waals surface area contributed by atoms with Crippen molar-refractivity contribution in [2.24, 2.45) is 0 Å². The second-order valence-electron chi connectivity index (χ2n) is 8.33. The van der Waals surface area contributed by atoms with E-state index in [-0.39, 0.29) is 34.1 Å². The first-order valence-electron chi connectivity index (χ1n) is 11.5. The summed E-state index contributed by atoms with van der Waals surface area (Å²) >= 11 is 3.70. The van der Waals surface area contributed by atoms with Gasteiger partial charge in [0.1, 0.15) is 0 Å². The number of rotatable bonds is 2. The quantitative estimate of drug-likeness (QED) is 0.341. The van der Waals surface area contributed by atoms with Crippen molar-refractivity contribution in [2.75, 3.05) is 0 Å². The zero-order chi connectivity index (χ0) is 23.0. The van der Waals surface area contributed by atoms with Crippen LogP contribution in [0.3, 0.4) is 0 Å². The first kappa shape index (κ1) is 31.9. The van der Waals surface area contributed by atoms with Crippen molar-refractivity contribution < 1.29 is 34.1 Å². The van der Waals surface area contributed by atoms with Gasteiger partial charge >= 0.3 is 34.1 Å². The summed E-state index contributed by atoms with van der Waals surface area (Å²) in [5, 5.41) is 0. The number of fused-ring (bicyclic) bond motifs is 3. The molecule has 5 fully saturated rings. The Morgan fingerprint density at radius 2 is 1.00 bits per heavy atom. The Hall–Kier alpha value is 0.699. The maximum absolute atomic E-state index is 3.70. The van der Waals surface area contributed by atoms with Crippen LogP contribution >= 0.6 is 15.9 Å². The van der Waals surface area contributed by atoms with Crippen LogP contribution in [0.15, 0.2) is 28.7 Å². The molecule has 0 amide bonds. The fourth-order valence-electron chi connectivity index (χ4n) is 4.52. The number of hydrogen-bond donors (Lipinski definition) is 0. The normalized spacial score (nSPS) is 27.4. The van der Waals surface area contributed by atoms with Gasteiger partial charge in [-0.2, -0.15) is 0 Å². The number of halogens is 1. The Balaban J connectivity index is 0.000000300. The Morgan fingerprint density at radius 3 is 1.40 bits per heavy atom. The first-order chi connectivity index (χ1) is 16.2. The Labute approximate surface area is 246 Å². The van der Waals surface area contributed by atoms with E-state index in [0.29, 0.717) is 12.1 Å². The summed E-state index contributed by atoms with van der Waals surface area (Å²) in [6, 6.07) is 9.34. The predicted molar refractivity (Wildman–Crippen MR) is 140 cm³/mol. The summed E-state index contributed by atoms with van der Waals surface area (Å²) in [4.78, 5) is 2.60. The Kier molecular flexibility index (Phi) is 15.2. The van der Waals surface area contributed by atoms with E-state index in [1.54, 1.807) is 0 Å². The molecule has 6 rings (SSSR count). The van der Waals surface area contributed by atoms with E-state index in [4.69, 9.17) is 0 Å². The molecule has 0 bridgehead atoms. The molecular formula is C31H30BrFe2N+4. The Morgan fingerprint density at radius 1 is 0.600 bits per heavy atom. The molecule has 4 heteroatoms. The predicted octanol–water partition coefficient (Wildman–Crippen LogP) is 6.63. The zero-order valence-corrected chi connectivity index (χ0v) is 23.7. The molecule has 20 radical (unpaired) electrons. The van der Waals surface area contributed by atoms with Crippen LogP contribution < -0.4 is 0 Å². The van der Waals surface area contributed by atoms with Gasteiger partial charge in [0.2, 0.25) is 0 Å². The van der Waals surface area contributed by atoms with Gasteiger partial charge in [-0.15, -0.1) is 0 Å². The van der Waals surface area contributed by atoms with Crippen LogP contribution in [-0.4, -0.2) is 17.0 Å². The monoisotopic (exact) mass is 607 g/mol. The summed E-state index contributed by atoms with van der Waals surface area (Å²) in [6.07, 6.45) is 33.5. The topological polar surface area (TPSA) is 3.24 Å². The molecule has 1 aromatic carbocycles. The summed E-state index contributed by atoms with van der Waals surface area (Å²) in [6.45, 7) is 5.61. The zero-order valence-electron chi connectivity index (χ0n) is 19.9. The molecule has 0 unspecified atom stereocenters. The van der Waals surface area contributed by atoms with Crippen molar-refractivity contribution in [1.29, 1.82) is 0 Å². The fourth-order valence-corrected chi connectivity index (χ4v) is 4.93. The third-order valence-corrected chi connectivity index (χ3v) is 7.08. The van der Waals surface area contributed by atoms with Gasteiger partial charge in [0, 0.05) is 34.9 Å². The molecule has 0 spiro atoms. The van der Waals surface area contributed by atoms with Crippen molar-refractivity contribution in [2.45, 2.75) is 32.5 Å². The van der Waals surface area contributed by atoms with Crippen molar-refractivity contribution >= 4 is 15.9 Å². The molecule has 1 nitrogen and oxygen atoms in total. The van der Waals surface area contributed by atoms with Crippen LogP contribution in [-0.2, 0) is 40.7 Å². The van der Waals surface area contributed by atoms with Gasteiger partial charge in [0.05, 0.1) is 0 Å². The molecule has 1 aromatic rings. The van der Waals surface area contributed by atoms with E-state index in [0.717, 1.165) is 6.54 Å². The average molecular weight is 608 g/mol. The van der Waals surface area contributed by atoms with Crippen LogP contribution in [0.25, 0.3) is 0 Å². The molecule has 1 saturated heterocycles. The molecule has 1 heterocycles. The molecule has 5 aliphatic rings. The smallest absolute Gasteiger partial charge is 0.292 e. The van der Waals surface area contributed by atoms with E-state index in [9.17, 15) is 0 Å². The first-order valence-corrected chi connectivity index (χ1v) is 12.3. The SMILES string of the molecule is C[C@H]1[C]2[CH][CH][CH][C]2[C]2[CH][CH][CH][C]2[C@H](C)N1Cc1ccccc1Br.[CH]1[CH][CH][CH][CH]1.[CH]1[CH][CH][CH][CH]1.[Fe+2].[Fe+2]. The van der Waals surface area contributed by atoms with E-state index in [1.165, 1.54) is 33.7 Å². The molecule has 2 atom stereocenters. The standard InChI is InChI=1S/C21H20BrN.2C5H5.2Fe/c1-14-17-8-5-10-19(17)20-11-6-9-18(20)15(2)23(14)13-16-7-3-4-12-21(16)22;2*1-2-4-5-3-1;;/h3-12,14-15H,13H2,1-2H3;2*1-5H;;/q;;;2*+2/t14-,15-;;;;/m0..../s1. The van der Waals surface area contributed by atoms with Crippen molar-refractivity contribution in [3.8, 4) is 0 Å². The van der Waals surface area contributed by atoms with E-state index in [2.05, 4.69) is 97.5 Å². The summed E-state index contributed by atoms with van der Waals surface area (Å²) in [7, 11) is 0. The minimum absolute atomic E-state index is 0. The number of likely N-dealkylation sites (tertiary alicyclic amines) is 1. The summed E-state index contributed by atoms with van der Waals surface area (Å²) < 4.78 is 1.19. The minimum Gasteiger partial charge on any atom is -0.292 e. The number of benzene rings is 1. The summed E-state index contributed by atoms with van der Waals surface area (Å²) in [5.41, 5.74) is 1.34. The van der Waals surface area contributed by atoms with Gasteiger partial charge in [-0.05, 0) is 140 Å². The molecular weight excluding hydrogens is 578 g/mol. The van der Waals surface area contributed by atoms with Crippen LogP contribution in [0, 0.1) is 126 Å². The Bertz CT molecular complexity index is 654. The number of nitrogens with zero attached hydrogens (tertiary/aromatic N) is 1. The molecule has 4 aliphatic carbocycles. The third kappa shape index (κ3) is 8.60. The van der Waals surface area contributed by atoms with E-state index < -0.39 is 0 Å². The van der Waals surface area contributed by atoms with Gasteiger partial charge in [-0.25, -0.2) is 0 Å². The second-order valence-corrected chi connectivity index (χ2v) is 9.18. The van der Waals surface area contributed by atoms with Crippen LogP contribution in [0.5, 0.6) is 0 Å². The largest absolute Gasteiger partial charge is 2.00 e. The fraction of sp³-hybridized carbons (Fsp3) is 0.161. The van der Waals surface area contributed by atoms with Crippen molar-refractivity contribution in [1.82, 2.24) is 4.90 Å². The van der Waals surface area contributed by atoms with Crippen LogP contribution in [0.4, 0.5) is 0 Å². The molecule has 4 saturated carbocycles. The third-order valence-electron chi connectivity index (χ3n) is 6.31. The minimum atomic E-state index is 0. The van der Waals surface area contributed by atoms with Gasteiger partial charge in [-0.3, -0.25) is 4.90 Å². The maximum Gasteiger partial charge on any atom is 2.00 e. The van der Waals surface area contributed by atoms with E-state index in [1.807, 2.05) is 64.2 Å². The van der Waals surface area contributed by atoms with Gasteiger partial charge in [0.15, 0.2) is 0 Å². The van der Waals surface area contributed by atoms with Gasteiger partial charge in [-0.1, -0.05) is 34.1 Å². The molecule has 35 heavy (non-hydrogen) atoms.